The van der Waals surface area contributed by atoms with E-state index < -0.39 is 18.0 Å². The Hall–Kier alpha value is -1.44. The number of aliphatic hydroxyl groups excluding tert-OH is 2. The van der Waals surface area contributed by atoms with E-state index in [4.69, 9.17) is 0 Å². The van der Waals surface area contributed by atoms with Crippen LogP contribution in [0.3, 0.4) is 0 Å². The van der Waals surface area contributed by atoms with Gasteiger partial charge in [-0.3, -0.25) is 9.69 Å². The highest BCUT2D eigenvalue weighted by molar-refractivity contribution is 6.00. The van der Waals surface area contributed by atoms with Crippen molar-refractivity contribution < 1.29 is 24.9 Å². The SMILES string of the molecule is C[C@@H](O)C1C(=O)N2C(C(=O)O)=C(CN3CC[C@H](O)C3)[C@H](C)[C@H]12. The fourth-order valence-electron chi connectivity index (χ4n) is 4.05. The third-order valence-corrected chi connectivity index (χ3v) is 5.16. The second-order valence-corrected chi connectivity index (χ2v) is 6.61. The second-order valence-electron chi connectivity index (χ2n) is 6.61. The molecule has 5 atom stereocenters. The lowest BCUT2D eigenvalue weighted by molar-refractivity contribution is -0.163. The topological polar surface area (TPSA) is 101 Å². The Morgan fingerprint density at radius 2 is 2.14 bits per heavy atom. The zero-order valence-corrected chi connectivity index (χ0v) is 12.8. The molecule has 0 aromatic heterocycles. The van der Waals surface area contributed by atoms with Crippen molar-refractivity contribution in [3.05, 3.63) is 11.3 Å². The van der Waals surface area contributed by atoms with Gasteiger partial charge in [0, 0.05) is 25.6 Å². The maximum absolute atomic E-state index is 12.2. The van der Waals surface area contributed by atoms with Crippen molar-refractivity contribution in [1.29, 1.82) is 0 Å². The Kier molecular flexibility index (Phi) is 3.74. The Bertz CT molecular complexity index is 544. The van der Waals surface area contributed by atoms with Crippen LogP contribution in [0.2, 0.25) is 0 Å². The lowest BCUT2D eigenvalue weighted by atomic mass is 9.77. The predicted molar refractivity (Wildman–Crippen MR) is 76.7 cm³/mol. The van der Waals surface area contributed by atoms with E-state index in [0.717, 1.165) is 12.1 Å². The molecule has 0 aromatic carbocycles. The summed E-state index contributed by atoms with van der Waals surface area (Å²) in [5.74, 6) is -2.02. The van der Waals surface area contributed by atoms with Gasteiger partial charge in [-0.1, -0.05) is 6.92 Å². The van der Waals surface area contributed by atoms with Gasteiger partial charge in [0.2, 0.25) is 5.91 Å². The summed E-state index contributed by atoms with van der Waals surface area (Å²) in [6.07, 6.45) is -0.458. The molecule has 7 nitrogen and oxygen atoms in total. The highest BCUT2D eigenvalue weighted by Crippen LogP contribution is 2.47. The van der Waals surface area contributed by atoms with Crippen molar-refractivity contribution in [2.45, 2.75) is 38.5 Å². The molecule has 0 spiro atoms. The minimum absolute atomic E-state index is 0.0702. The number of nitrogens with zero attached hydrogens (tertiary/aromatic N) is 2. The molecule has 1 amide bonds. The van der Waals surface area contributed by atoms with Gasteiger partial charge in [-0.2, -0.15) is 0 Å². The van der Waals surface area contributed by atoms with Gasteiger partial charge in [0.1, 0.15) is 5.70 Å². The fraction of sp³-hybridized carbons (Fsp3) is 0.733. The molecule has 22 heavy (non-hydrogen) atoms. The molecule has 3 aliphatic rings. The summed E-state index contributed by atoms with van der Waals surface area (Å²) in [7, 11) is 0. The van der Waals surface area contributed by atoms with E-state index in [1.54, 1.807) is 6.92 Å². The Balaban J connectivity index is 1.87. The van der Waals surface area contributed by atoms with Gasteiger partial charge >= 0.3 is 5.97 Å². The molecule has 1 unspecified atom stereocenters. The number of likely N-dealkylation sites (tertiary alicyclic amines) is 1. The molecule has 7 heteroatoms. The normalized spacial score (nSPS) is 36.5. The van der Waals surface area contributed by atoms with E-state index in [2.05, 4.69) is 0 Å². The van der Waals surface area contributed by atoms with Crippen LogP contribution < -0.4 is 0 Å². The number of hydrogen-bond acceptors (Lipinski definition) is 5. The number of β-lactam (4-membered cyclic amide) rings is 1. The van der Waals surface area contributed by atoms with Crippen LogP contribution in [0.15, 0.2) is 11.3 Å². The molecule has 3 aliphatic heterocycles. The Labute approximate surface area is 128 Å². The number of aliphatic carboxylic acids is 1. The highest BCUT2D eigenvalue weighted by Gasteiger charge is 2.59. The number of hydrogen-bond donors (Lipinski definition) is 3. The molecule has 2 fully saturated rings. The molecular weight excluding hydrogens is 288 g/mol. The first-order chi connectivity index (χ1) is 10.3. The zero-order valence-electron chi connectivity index (χ0n) is 12.8. The summed E-state index contributed by atoms with van der Waals surface area (Å²) in [6, 6.07) is -0.263. The van der Waals surface area contributed by atoms with E-state index in [9.17, 15) is 24.9 Å². The number of carboxylic acid groups (broad SMARTS) is 1. The summed E-state index contributed by atoms with van der Waals surface area (Å²) >= 11 is 0. The first-order valence-corrected chi connectivity index (χ1v) is 7.70. The molecule has 0 bridgehead atoms. The maximum Gasteiger partial charge on any atom is 0.352 e. The zero-order chi connectivity index (χ0) is 16.2. The average Bonchev–Trinajstić information content (AvgIpc) is 2.92. The third kappa shape index (κ3) is 2.15. The summed E-state index contributed by atoms with van der Waals surface area (Å²) in [4.78, 5) is 27.2. The van der Waals surface area contributed by atoms with Gasteiger partial charge in [0.25, 0.3) is 0 Å². The molecule has 3 rings (SSSR count). The van der Waals surface area contributed by atoms with Crippen LogP contribution in [0.4, 0.5) is 0 Å². The molecule has 0 aromatic rings. The summed E-state index contributed by atoms with van der Waals surface area (Å²) < 4.78 is 0. The van der Waals surface area contributed by atoms with Crippen molar-refractivity contribution in [2.75, 3.05) is 19.6 Å². The number of carbonyl (C=O) groups is 2. The van der Waals surface area contributed by atoms with Crippen LogP contribution >= 0.6 is 0 Å². The maximum atomic E-state index is 12.2. The Morgan fingerprint density at radius 1 is 1.45 bits per heavy atom. The van der Waals surface area contributed by atoms with Gasteiger partial charge in [-0.15, -0.1) is 0 Å². The number of fused-ring (bicyclic) bond motifs is 1. The van der Waals surface area contributed by atoms with E-state index in [1.165, 1.54) is 4.90 Å². The minimum Gasteiger partial charge on any atom is -0.477 e. The number of rotatable bonds is 4. The van der Waals surface area contributed by atoms with Crippen LogP contribution in [0.25, 0.3) is 0 Å². The van der Waals surface area contributed by atoms with Crippen molar-refractivity contribution in [1.82, 2.24) is 9.80 Å². The smallest absolute Gasteiger partial charge is 0.352 e. The molecule has 122 valence electrons. The first kappa shape index (κ1) is 15.5. The van der Waals surface area contributed by atoms with Crippen molar-refractivity contribution >= 4 is 11.9 Å². The van der Waals surface area contributed by atoms with E-state index in [0.29, 0.717) is 19.5 Å². The highest BCUT2D eigenvalue weighted by atomic mass is 16.4. The summed E-state index contributed by atoms with van der Waals surface area (Å²) in [5.41, 5.74) is 0.795. The molecular formula is C15H22N2O5. The van der Waals surface area contributed by atoms with Gasteiger partial charge in [-0.25, -0.2) is 4.79 Å². The molecule has 0 radical (unpaired) electrons. The Morgan fingerprint density at radius 3 is 2.64 bits per heavy atom. The van der Waals surface area contributed by atoms with E-state index >= 15 is 0 Å². The predicted octanol–water partition coefficient (Wildman–Crippen LogP) is -0.751. The third-order valence-electron chi connectivity index (χ3n) is 5.16. The quantitative estimate of drug-likeness (QED) is 0.591. The van der Waals surface area contributed by atoms with E-state index in [-0.39, 0.29) is 29.7 Å². The summed E-state index contributed by atoms with van der Waals surface area (Å²) in [6.45, 7) is 5.19. The number of aliphatic hydroxyl groups is 2. The largest absolute Gasteiger partial charge is 0.477 e. The monoisotopic (exact) mass is 310 g/mol. The number of β-amino-alcohol motifs (C(OH)–C–C–N with tert-alkyl or cyclic N) is 1. The van der Waals surface area contributed by atoms with Gasteiger partial charge < -0.3 is 20.2 Å². The average molecular weight is 310 g/mol. The molecule has 3 heterocycles. The molecule has 0 saturated carbocycles. The van der Waals surface area contributed by atoms with Gasteiger partial charge in [-0.05, 0) is 18.9 Å². The van der Waals surface area contributed by atoms with Crippen molar-refractivity contribution in [2.24, 2.45) is 11.8 Å². The van der Waals surface area contributed by atoms with Crippen LogP contribution in [0.1, 0.15) is 20.3 Å². The van der Waals surface area contributed by atoms with Crippen LogP contribution in [-0.2, 0) is 9.59 Å². The number of amides is 1. The lowest BCUT2D eigenvalue weighted by Gasteiger charge is -2.46. The van der Waals surface area contributed by atoms with Gasteiger partial charge in [0.05, 0.1) is 24.2 Å². The molecule has 0 aliphatic carbocycles. The van der Waals surface area contributed by atoms with Crippen LogP contribution in [0, 0.1) is 11.8 Å². The van der Waals surface area contributed by atoms with Crippen LogP contribution in [0.5, 0.6) is 0 Å². The molecule has 2 saturated heterocycles. The standard InChI is InChI=1S/C15H22N2O5/c1-7-10(6-16-4-3-9(19)5-16)13(15(21)22)17-12(7)11(8(2)18)14(17)20/h7-9,11-12,18-19H,3-6H2,1-2H3,(H,21,22)/t7-,8+,9-,11?,12+/m0/s1. The van der Waals surface area contributed by atoms with Gasteiger partial charge in [0.15, 0.2) is 0 Å². The van der Waals surface area contributed by atoms with Crippen LogP contribution in [-0.4, -0.2) is 74.9 Å². The van der Waals surface area contributed by atoms with Crippen molar-refractivity contribution in [3.8, 4) is 0 Å². The first-order valence-electron chi connectivity index (χ1n) is 7.70. The van der Waals surface area contributed by atoms with Crippen molar-refractivity contribution in [3.63, 3.8) is 0 Å². The number of carbonyl (C=O) groups excluding carboxylic acids is 1. The molecule has 3 N–H and O–H groups in total. The van der Waals surface area contributed by atoms with E-state index in [1.807, 2.05) is 11.8 Å². The fourth-order valence-corrected chi connectivity index (χ4v) is 4.05. The minimum atomic E-state index is -1.10. The number of carboxylic acids is 1. The lowest BCUT2D eigenvalue weighted by Crippen LogP contribution is -2.63. The second kappa shape index (κ2) is 5.33. The summed E-state index contributed by atoms with van der Waals surface area (Å²) in [5, 5.41) is 28.9.